The normalized spacial score (nSPS) is 25.7. The first-order valence-electron chi connectivity index (χ1n) is 5.18. The van der Waals surface area contributed by atoms with Gasteiger partial charge in [-0.05, 0) is 30.5 Å². The molecule has 0 bridgehead atoms. The third kappa shape index (κ3) is 2.74. The van der Waals surface area contributed by atoms with Gasteiger partial charge in [0, 0.05) is 23.4 Å². The maximum absolute atomic E-state index is 5.97. The Kier molecular flexibility index (Phi) is 3.70. The zero-order valence-electron chi connectivity index (χ0n) is 8.51. The minimum Gasteiger partial charge on any atom is -0.374 e. The molecule has 2 rings (SSSR count). The van der Waals surface area contributed by atoms with Crippen molar-refractivity contribution in [2.45, 2.75) is 24.9 Å². The number of benzene rings is 1. The van der Waals surface area contributed by atoms with Crippen molar-refractivity contribution in [1.82, 2.24) is 0 Å². The number of hydrogen-bond donors (Lipinski definition) is 0. The van der Waals surface area contributed by atoms with E-state index in [1.54, 1.807) is 0 Å². The highest BCUT2D eigenvalue weighted by atomic mass is 79.9. The van der Waals surface area contributed by atoms with Crippen LogP contribution in [0.25, 0.3) is 0 Å². The highest BCUT2D eigenvalue weighted by Crippen LogP contribution is 2.31. The van der Waals surface area contributed by atoms with Crippen molar-refractivity contribution in [3.05, 3.63) is 34.9 Å². The molecule has 0 amide bonds. The average molecular weight is 290 g/mol. The lowest BCUT2D eigenvalue weighted by atomic mass is 9.94. The molecule has 1 saturated heterocycles. The Labute approximate surface area is 104 Å². The van der Waals surface area contributed by atoms with E-state index < -0.39 is 0 Å². The van der Waals surface area contributed by atoms with Crippen molar-refractivity contribution in [2.75, 3.05) is 11.9 Å². The van der Waals surface area contributed by atoms with Crippen LogP contribution >= 0.6 is 27.5 Å². The molecule has 0 radical (unpaired) electrons. The van der Waals surface area contributed by atoms with Crippen LogP contribution in [0, 0.1) is 0 Å². The number of halogens is 2. The summed E-state index contributed by atoms with van der Waals surface area (Å²) in [5.41, 5.74) is 1.24. The number of ether oxygens (including phenoxy) is 1. The Morgan fingerprint density at radius 3 is 2.93 bits per heavy atom. The van der Waals surface area contributed by atoms with Crippen LogP contribution in [0.15, 0.2) is 24.3 Å². The van der Waals surface area contributed by atoms with Crippen molar-refractivity contribution in [1.29, 1.82) is 0 Å². The zero-order valence-corrected chi connectivity index (χ0v) is 10.9. The lowest BCUT2D eigenvalue weighted by Crippen LogP contribution is -2.32. The standard InChI is InChI=1S/C12H14BrClO/c13-9-12(5-2-6-15-12)8-10-3-1-4-11(14)7-10/h1,3-4,7H,2,5-6,8-9H2. The van der Waals surface area contributed by atoms with Gasteiger partial charge in [0.2, 0.25) is 0 Å². The topological polar surface area (TPSA) is 9.23 Å². The first kappa shape index (κ1) is 11.4. The second-order valence-electron chi connectivity index (χ2n) is 4.08. The third-order valence-electron chi connectivity index (χ3n) is 2.84. The molecule has 1 aliphatic heterocycles. The first-order chi connectivity index (χ1) is 7.24. The van der Waals surface area contributed by atoms with Crippen LogP contribution < -0.4 is 0 Å². The Bertz CT molecular complexity index is 334. The van der Waals surface area contributed by atoms with E-state index >= 15 is 0 Å². The summed E-state index contributed by atoms with van der Waals surface area (Å²) in [6.07, 6.45) is 3.23. The Morgan fingerprint density at radius 2 is 2.33 bits per heavy atom. The van der Waals surface area contributed by atoms with Crippen LogP contribution in [0.3, 0.4) is 0 Å². The molecule has 1 aromatic rings. The summed E-state index contributed by atoms with van der Waals surface area (Å²) in [7, 11) is 0. The number of alkyl halides is 1. The van der Waals surface area contributed by atoms with Crippen LogP contribution in [0.2, 0.25) is 5.02 Å². The molecule has 0 saturated carbocycles. The van der Waals surface area contributed by atoms with E-state index in [0.29, 0.717) is 0 Å². The van der Waals surface area contributed by atoms with E-state index in [2.05, 4.69) is 22.0 Å². The van der Waals surface area contributed by atoms with Crippen LogP contribution in [-0.2, 0) is 11.2 Å². The van der Waals surface area contributed by atoms with Crippen LogP contribution in [0.4, 0.5) is 0 Å². The molecule has 1 unspecified atom stereocenters. The van der Waals surface area contributed by atoms with E-state index in [-0.39, 0.29) is 5.60 Å². The van der Waals surface area contributed by atoms with E-state index in [1.807, 2.05) is 18.2 Å². The van der Waals surface area contributed by atoms with Crippen molar-refractivity contribution in [2.24, 2.45) is 0 Å². The van der Waals surface area contributed by atoms with Gasteiger partial charge in [-0.3, -0.25) is 0 Å². The summed E-state index contributed by atoms with van der Waals surface area (Å²) in [5.74, 6) is 0. The van der Waals surface area contributed by atoms with Crippen molar-refractivity contribution < 1.29 is 4.74 Å². The molecule has 15 heavy (non-hydrogen) atoms. The van der Waals surface area contributed by atoms with Crippen LogP contribution in [0.5, 0.6) is 0 Å². The molecule has 1 heterocycles. The average Bonchev–Trinajstić information content (AvgIpc) is 2.67. The summed E-state index contributed by atoms with van der Waals surface area (Å²) in [4.78, 5) is 0. The van der Waals surface area contributed by atoms with Crippen LogP contribution in [0.1, 0.15) is 18.4 Å². The first-order valence-corrected chi connectivity index (χ1v) is 6.68. The molecule has 1 nitrogen and oxygen atoms in total. The molecule has 1 atom stereocenters. The van der Waals surface area contributed by atoms with E-state index in [0.717, 1.165) is 36.2 Å². The van der Waals surface area contributed by atoms with Gasteiger partial charge in [-0.1, -0.05) is 39.7 Å². The van der Waals surface area contributed by atoms with Crippen molar-refractivity contribution in [3.8, 4) is 0 Å². The van der Waals surface area contributed by atoms with E-state index in [9.17, 15) is 0 Å². The molecular formula is C12H14BrClO. The third-order valence-corrected chi connectivity index (χ3v) is 4.10. The fourth-order valence-electron chi connectivity index (χ4n) is 2.07. The molecule has 1 aliphatic rings. The molecule has 1 aromatic carbocycles. The fraction of sp³-hybridized carbons (Fsp3) is 0.500. The highest BCUT2D eigenvalue weighted by molar-refractivity contribution is 9.09. The summed E-state index contributed by atoms with van der Waals surface area (Å²) >= 11 is 9.52. The molecule has 0 N–H and O–H groups in total. The summed E-state index contributed by atoms with van der Waals surface area (Å²) < 4.78 is 5.84. The van der Waals surface area contributed by atoms with Gasteiger partial charge in [-0.2, -0.15) is 0 Å². The van der Waals surface area contributed by atoms with Gasteiger partial charge >= 0.3 is 0 Å². The van der Waals surface area contributed by atoms with Gasteiger partial charge in [-0.25, -0.2) is 0 Å². The molecule has 82 valence electrons. The van der Waals surface area contributed by atoms with Crippen LogP contribution in [-0.4, -0.2) is 17.5 Å². The predicted octanol–water partition coefficient (Wildman–Crippen LogP) is 3.83. The molecule has 1 fully saturated rings. The van der Waals surface area contributed by atoms with Gasteiger partial charge in [-0.15, -0.1) is 0 Å². The number of rotatable bonds is 3. The Hall–Kier alpha value is -0.0500. The SMILES string of the molecule is Clc1cccc(CC2(CBr)CCCO2)c1. The molecular weight excluding hydrogens is 275 g/mol. The van der Waals surface area contributed by atoms with E-state index in [4.69, 9.17) is 16.3 Å². The Morgan fingerprint density at radius 1 is 1.47 bits per heavy atom. The summed E-state index contributed by atoms with van der Waals surface area (Å²) in [6, 6.07) is 8.03. The van der Waals surface area contributed by atoms with Gasteiger partial charge in [0.05, 0.1) is 5.60 Å². The predicted molar refractivity (Wildman–Crippen MR) is 66.9 cm³/mol. The van der Waals surface area contributed by atoms with Gasteiger partial charge in [0.1, 0.15) is 0 Å². The fourth-order valence-corrected chi connectivity index (χ4v) is 2.92. The second kappa shape index (κ2) is 4.86. The monoisotopic (exact) mass is 288 g/mol. The van der Waals surface area contributed by atoms with Gasteiger partial charge < -0.3 is 4.74 Å². The molecule has 0 aliphatic carbocycles. The maximum Gasteiger partial charge on any atom is 0.0819 e. The van der Waals surface area contributed by atoms with E-state index in [1.165, 1.54) is 5.56 Å². The largest absolute Gasteiger partial charge is 0.374 e. The summed E-state index contributed by atoms with van der Waals surface area (Å²) in [6.45, 7) is 0.881. The highest BCUT2D eigenvalue weighted by Gasteiger charge is 2.34. The smallest absolute Gasteiger partial charge is 0.0819 e. The molecule has 0 spiro atoms. The maximum atomic E-state index is 5.97. The zero-order chi connectivity index (χ0) is 10.7. The quantitative estimate of drug-likeness (QED) is 0.769. The summed E-state index contributed by atoms with van der Waals surface area (Å²) in [5, 5.41) is 1.70. The minimum atomic E-state index is -0.00924. The Balaban J connectivity index is 2.12. The lowest BCUT2D eigenvalue weighted by molar-refractivity contribution is 0.0260. The van der Waals surface area contributed by atoms with Gasteiger partial charge in [0.15, 0.2) is 0 Å². The van der Waals surface area contributed by atoms with Crippen molar-refractivity contribution in [3.63, 3.8) is 0 Å². The lowest BCUT2D eigenvalue weighted by Gasteiger charge is -2.26. The van der Waals surface area contributed by atoms with Gasteiger partial charge in [0.25, 0.3) is 0 Å². The second-order valence-corrected chi connectivity index (χ2v) is 5.07. The number of hydrogen-bond acceptors (Lipinski definition) is 1. The minimum absolute atomic E-state index is 0.00924. The van der Waals surface area contributed by atoms with Crippen molar-refractivity contribution >= 4 is 27.5 Å². The molecule has 0 aromatic heterocycles. The molecule has 3 heteroatoms.